The summed E-state index contributed by atoms with van der Waals surface area (Å²) >= 11 is 0. The number of nitrogens with zero attached hydrogens (tertiary/aromatic N) is 3. The second-order valence-corrected chi connectivity index (χ2v) is 6.00. The van der Waals surface area contributed by atoms with Gasteiger partial charge in [0, 0.05) is 18.8 Å². The lowest BCUT2D eigenvalue weighted by Crippen LogP contribution is -2.30. The van der Waals surface area contributed by atoms with Crippen molar-refractivity contribution in [2.45, 2.75) is 44.7 Å². The lowest BCUT2D eigenvalue weighted by molar-refractivity contribution is 0.344. The van der Waals surface area contributed by atoms with Gasteiger partial charge < -0.3 is 19.5 Å². The molecular weight excluding hydrogens is 320 g/mol. The Labute approximate surface area is 147 Å². The molecule has 7 nitrogen and oxygen atoms in total. The van der Waals surface area contributed by atoms with Crippen molar-refractivity contribution in [1.29, 1.82) is 0 Å². The SMILES string of the molecule is COc1cc(OC)nc(Oc2cccnc2CNC2CCCCC2)n1. The minimum Gasteiger partial charge on any atom is -0.481 e. The first-order valence-electron chi connectivity index (χ1n) is 8.60. The third kappa shape index (κ3) is 4.79. The summed E-state index contributed by atoms with van der Waals surface area (Å²) in [6.07, 6.45) is 8.13. The van der Waals surface area contributed by atoms with Gasteiger partial charge in [0.25, 0.3) is 0 Å². The van der Waals surface area contributed by atoms with Gasteiger partial charge in [-0.15, -0.1) is 0 Å². The van der Waals surface area contributed by atoms with E-state index in [4.69, 9.17) is 14.2 Å². The fourth-order valence-corrected chi connectivity index (χ4v) is 2.93. The normalized spacial score (nSPS) is 15.0. The first-order valence-corrected chi connectivity index (χ1v) is 8.60. The van der Waals surface area contributed by atoms with E-state index in [2.05, 4.69) is 20.3 Å². The smallest absolute Gasteiger partial charge is 0.328 e. The van der Waals surface area contributed by atoms with Crippen molar-refractivity contribution in [3.8, 4) is 23.5 Å². The van der Waals surface area contributed by atoms with Gasteiger partial charge in [-0.2, -0.15) is 9.97 Å². The summed E-state index contributed by atoms with van der Waals surface area (Å²) in [6.45, 7) is 0.655. The van der Waals surface area contributed by atoms with Crippen molar-refractivity contribution in [3.05, 3.63) is 30.1 Å². The van der Waals surface area contributed by atoms with E-state index in [9.17, 15) is 0 Å². The summed E-state index contributed by atoms with van der Waals surface area (Å²) in [5.41, 5.74) is 0.832. The Morgan fingerprint density at radius 3 is 2.48 bits per heavy atom. The van der Waals surface area contributed by atoms with E-state index in [1.807, 2.05) is 12.1 Å². The molecule has 0 atom stereocenters. The van der Waals surface area contributed by atoms with Crippen LogP contribution in [0.3, 0.4) is 0 Å². The first kappa shape index (κ1) is 17.4. The molecule has 0 amide bonds. The molecule has 7 heteroatoms. The molecule has 0 spiro atoms. The number of nitrogens with one attached hydrogen (secondary N) is 1. The summed E-state index contributed by atoms with van der Waals surface area (Å²) in [6, 6.07) is 6.01. The summed E-state index contributed by atoms with van der Waals surface area (Å²) in [4.78, 5) is 12.8. The minimum atomic E-state index is 0.170. The quantitative estimate of drug-likeness (QED) is 0.827. The Bertz CT molecular complexity index is 668. The van der Waals surface area contributed by atoms with Crippen LogP contribution in [0.1, 0.15) is 37.8 Å². The Morgan fingerprint density at radius 2 is 1.80 bits per heavy atom. The number of rotatable bonds is 7. The van der Waals surface area contributed by atoms with E-state index >= 15 is 0 Å². The molecule has 25 heavy (non-hydrogen) atoms. The van der Waals surface area contributed by atoms with Crippen molar-refractivity contribution in [2.75, 3.05) is 14.2 Å². The molecule has 0 saturated heterocycles. The molecular formula is C18H24N4O3. The molecule has 1 saturated carbocycles. The standard InChI is InChI=1S/C18H24N4O3/c1-23-16-11-17(24-2)22-18(21-16)25-15-9-6-10-19-14(15)12-20-13-7-4-3-5-8-13/h6,9-11,13,20H,3-5,7-8,12H2,1-2H3. The van der Waals surface area contributed by atoms with Crippen LogP contribution in [-0.2, 0) is 6.54 Å². The molecule has 134 valence electrons. The second-order valence-electron chi connectivity index (χ2n) is 6.00. The first-order chi connectivity index (χ1) is 12.3. The van der Waals surface area contributed by atoms with Crippen molar-refractivity contribution < 1.29 is 14.2 Å². The molecule has 0 unspecified atom stereocenters. The van der Waals surface area contributed by atoms with E-state index in [0.717, 1.165) is 5.69 Å². The zero-order valence-corrected chi connectivity index (χ0v) is 14.7. The third-order valence-electron chi connectivity index (χ3n) is 4.29. The van der Waals surface area contributed by atoms with E-state index in [1.165, 1.54) is 46.3 Å². The molecule has 0 aliphatic heterocycles. The zero-order valence-electron chi connectivity index (χ0n) is 14.7. The largest absolute Gasteiger partial charge is 0.481 e. The molecule has 1 fully saturated rings. The van der Waals surface area contributed by atoms with Gasteiger partial charge >= 0.3 is 6.01 Å². The minimum absolute atomic E-state index is 0.170. The van der Waals surface area contributed by atoms with Crippen LogP contribution in [0, 0.1) is 0 Å². The topological polar surface area (TPSA) is 78.4 Å². The fourth-order valence-electron chi connectivity index (χ4n) is 2.93. The number of hydrogen-bond donors (Lipinski definition) is 1. The number of ether oxygens (including phenoxy) is 3. The number of aromatic nitrogens is 3. The molecule has 0 bridgehead atoms. The maximum atomic E-state index is 5.85. The van der Waals surface area contributed by atoms with E-state index in [-0.39, 0.29) is 6.01 Å². The number of hydrogen-bond acceptors (Lipinski definition) is 7. The molecule has 2 aromatic rings. The molecule has 2 heterocycles. The number of methoxy groups -OCH3 is 2. The van der Waals surface area contributed by atoms with Gasteiger partial charge in [-0.1, -0.05) is 19.3 Å². The maximum Gasteiger partial charge on any atom is 0.328 e. The van der Waals surface area contributed by atoms with Gasteiger partial charge in [0.15, 0.2) is 5.75 Å². The third-order valence-corrected chi connectivity index (χ3v) is 4.29. The van der Waals surface area contributed by atoms with Crippen LogP contribution in [-0.4, -0.2) is 35.2 Å². The Kier molecular flexibility index (Phi) is 6.00. The Morgan fingerprint density at radius 1 is 1.08 bits per heavy atom. The van der Waals surface area contributed by atoms with E-state index in [1.54, 1.807) is 12.3 Å². The van der Waals surface area contributed by atoms with Crippen molar-refractivity contribution in [1.82, 2.24) is 20.3 Å². The molecule has 0 aromatic carbocycles. The van der Waals surface area contributed by atoms with Gasteiger partial charge in [0.1, 0.15) is 0 Å². The average molecular weight is 344 g/mol. The zero-order chi connectivity index (χ0) is 17.5. The average Bonchev–Trinajstić information content (AvgIpc) is 2.67. The highest BCUT2D eigenvalue weighted by Crippen LogP contribution is 2.26. The van der Waals surface area contributed by atoms with Crippen LogP contribution in [0.5, 0.6) is 23.5 Å². The van der Waals surface area contributed by atoms with Gasteiger partial charge in [0.05, 0.1) is 26.0 Å². The van der Waals surface area contributed by atoms with Crippen LogP contribution >= 0.6 is 0 Å². The number of pyridine rings is 1. The van der Waals surface area contributed by atoms with Gasteiger partial charge in [-0.3, -0.25) is 4.98 Å². The predicted octanol–water partition coefficient (Wildman–Crippen LogP) is 3.10. The summed E-state index contributed by atoms with van der Waals surface area (Å²) in [5, 5.41) is 3.58. The summed E-state index contributed by atoms with van der Waals surface area (Å²) in [7, 11) is 3.07. The van der Waals surface area contributed by atoms with E-state index < -0.39 is 0 Å². The van der Waals surface area contributed by atoms with Crippen molar-refractivity contribution in [2.24, 2.45) is 0 Å². The Hall–Kier alpha value is -2.41. The molecule has 2 aromatic heterocycles. The predicted molar refractivity (Wildman–Crippen MR) is 93.2 cm³/mol. The summed E-state index contributed by atoms with van der Waals surface area (Å²) in [5.74, 6) is 1.39. The van der Waals surface area contributed by atoms with Crippen LogP contribution in [0.2, 0.25) is 0 Å². The van der Waals surface area contributed by atoms with Gasteiger partial charge in [0.2, 0.25) is 11.8 Å². The fraction of sp³-hybridized carbons (Fsp3) is 0.500. The van der Waals surface area contributed by atoms with E-state index in [0.29, 0.717) is 30.1 Å². The van der Waals surface area contributed by atoms with Crippen LogP contribution in [0.4, 0.5) is 0 Å². The van der Waals surface area contributed by atoms with Gasteiger partial charge in [-0.25, -0.2) is 0 Å². The highest BCUT2D eigenvalue weighted by Gasteiger charge is 2.15. The molecule has 1 N–H and O–H groups in total. The molecule has 0 radical (unpaired) electrons. The molecule has 1 aliphatic rings. The van der Waals surface area contributed by atoms with Crippen LogP contribution < -0.4 is 19.5 Å². The Balaban J connectivity index is 1.72. The molecule has 1 aliphatic carbocycles. The summed E-state index contributed by atoms with van der Waals surface area (Å²) < 4.78 is 16.2. The van der Waals surface area contributed by atoms with Crippen molar-refractivity contribution in [3.63, 3.8) is 0 Å². The van der Waals surface area contributed by atoms with Crippen LogP contribution in [0.25, 0.3) is 0 Å². The second kappa shape index (κ2) is 8.62. The lowest BCUT2D eigenvalue weighted by atomic mass is 9.95. The highest BCUT2D eigenvalue weighted by atomic mass is 16.5. The van der Waals surface area contributed by atoms with Crippen LogP contribution in [0.15, 0.2) is 24.4 Å². The lowest BCUT2D eigenvalue weighted by Gasteiger charge is -2.23. The van der Waals surface area contributed by atoms with Gasteiger partial charge in [-0.05, 0) is 25.0 Å². The highest BCUT2D eigenvalue weighted by molar-refractivity contribution is 5.31. The maximum absolute atomic E-state index is 5.85. The van der Waals surface area contributed by atoms with Crippen molar-refractivity contribution >= 4 is 0 Å². The molecule has 3 rings (SSSR count). The monoisotopic (exact) mass is 344 g/mol.